The fraction of sp³-hybridized carbons (Fsp3) is 0.909. The van der Waals surface area contributed by atoms with Crippen LogP contribution in [0.1, 0.15) is 85.0 Å². The van der Waals surface area contributed by atoms with Crippen molar-refractivity contribution in [2.75, 3.05) is 0 Å². The monoisotopic (exact) mass is 346 g/mol. The fourth-order valence-electron chi connectivity index (χ4n) is 7.93. The SMILES string of the molecule is CC(=O)OC12CCC3C(CCC4CCCCC43C)C1CCC2C(C)=O. The van der Waals surface area contributed by atoms with Gasteiger partial charge in [0.05, 0.1) is 5.92 Å². The van der Waals surface area contributed by atoms with E-state index in [1.807, 2.05) is 0 Å². The minimum atomic E-state index is -0.489. The minimum Gasteiger partial charge on any atom is -0.458 e. The van der Waals surface area contributed by atoms with E-state index >= 15 is 0 Å². The summed E-state index contributed by atoms with van der Waals surface area (Å²) in [7, 11) is 0. The predicted octanol–water partition coefficient (Wildman–Crippen LogP) is 4.92. The van der Waals surface area contributed by atoms with Gasteiger partial charge in [-0.3, -0.25) is 9.59 Å². The number of fused-ring (bicyclic) bond motifs is 5. The molecule has 0 amide bonds. The summed E-state index contributed by atoms with van der Waals surface area (Å²) in [6.45, 7) is 5.78. The molecule has 4 aliphatic carbocycles. The molecule has 0 aromatic heterocycles. The first-order valence-corrected chi connectivity index (χ1v) is 10.6. The highest BCUT2D eigenvalue weighted by molar-refractivity contribution is 5.81. The van der Waals surface area contributed by atoms with E-state index in [1.54, 1.807) is 6.92 Å². The summed E-state index contributed by atoms with van der Waals surface area (Å²) in [6, 6.07) is 0. The molecular formula is C22H34O3. The number of Topliss-reactive ketones (excluding diaryl/α,β-unsaturated/α-hetero) is 1. The van der Waals surface area contributed by atoms with Gasteiger partial charge in [0.25, 0.3) is 0 Å². The van der Waals surface area contributed by atoms with E-state index in [-0.39, 0.29) is 17.7 Å². The van der Waals surface area contributed by atoms with Crippen LogP contribution < -0.4 is 0 Å². The van der Waals surface area contributed by atoms with Gasteiger partial charge in [-0.25, -0.2) is 0 Å². The van der Waals surface area contributed by atoms with Crippen molar-refractivity contribution in [2.45, 2.75) is 90.6 Å². The van der Waals surface area contributed by atoms with Gasteiger partial charge in [-0.15, -0.1) is 0 Å². The van der Waals surface area contributed by atoms with E-state index in [0.717, 1.165) is 37.5 Å². The summed E-state index contributed by atoms with van der Waals surface area (Å²) in [5.74, 6) is 2.67. The van der Waals surface area contributed by atoms with Gasteiger partial charge >= 0.3 is 5.97 Å². The van der Waals surface area contributed by atoms with Crippen LogP contribution in [0.4, 0.5) is 0 Å². The highest BCUT2D eigenvalue weighted by Crippen LogP contribution is 2.65. The standard InChI is InChI=1S/C22H34O3/c1-14(23)18-9-10-20-17-8-7-16-6-4-5-12-21(16,3)19(17)11-13-22(18,20)25-15(2)24/h16-20H,4-13H2,1-3H3. The molecule has 4 rings (SSSR count). The Bertz CT molecular complexity index is 570. The molecule has 140 valence electrons. The molecule has 0 heterocycles. The molecule has 0 N–H and O–H groups in total. The lowest BCUT2D eigenvalue weighted by Crippen LogP contribution is -2.58. The zero-order valence-corrected chi connectivity index (χ0v) is 16.2. The van der Waals surface area contributed by atoms with Crippen LogP contribution in [-0.4, -0.2) is 17.4 Å². The number of esters is 1. The van der Waals surface area contributed by atoms with Crippen molar-refractivity contribution in [3.63, 3.8) is 0 Å². The highest BCUT2D eigenvalue weighted by atomic mass is 16.6. The molecule has 3 nitrogen and oxygen atoms in total. The van der Waals surface area contributed by atoms with Gasteiger partial charge in [0.1, 0.15) is 11.4 Å². The van der Waals surface area contributed by atoms with Gasteiger partial charge in [0, 0.05) is 12.8 Å². The summed E-state index contributed by atoms with van der Waals surface area (Å²) in [5.41, 5.74) is -0.00540. The van der Waals surface area contributed by atoms with Crippen molar-refractivity contribution in [3.8, 4) is 0 Å². The summed E-state index contributed by atoms with van der Waals surface area (Å²) >= 11 is 0. The molecular weight excluding hydrogens is 312 g/mol. The Morgan fingerprint density at radius 3 is 2.40 bits per heavy atom. The molecule has 0 aromatic rings. The van der Waals surface area contributed by atoms with Crippen molar-refractivity contribution in [3.05, 3.63) is 0 Å². The average Bonchev–Trinajstić information content (AvgIpc) is 2.92. The number of hydrogen-bond donors (Lipinski definition) is 0. The van der Waals surface area contributed by atoms with Gasteiger partial charge in [0.2, 0.25) is 0 Å². The molecule has 4 fully saturated rings. The summed E-state index contributed by atoms with van der Waals surface area (Å²) in [4.78, 5) is 24.3. The van der Waals surface area contributed by atoms with Crippen LogP contribution in [0.25, 0.3) is 0 Å². The van der Waals surface area contributed by atoms with Gasteiger partial charge in [-0.05, 0) is 81.5 Å². The summed E-state index contributed by atoms with van der Waals surface area (Å²) in [6.07, 6.45) is 12.2. The predicted molar refractivity (Wildman–Crippen MR) is 96.9 cm³/mol. The highest BCUT2D eigenvalue weighted by Gasteiger charge is 2.64. The Kier molecular flexibility index (Phi) is 4.28. The third-order valence-corrected chi connectivity index (χ3v) is 8.83. The van der Waals surface area contributed by atoms with Crippen molar-refractivity contribution < 1.29 is 14.3 Å². The molecule has 25 heavy (non-hydrogen) atoms. The lowest BCUT2D eigenvalue weighted by Gasteiger charge is -2.60. The minimum absolute atomic E-state index is 0.0702. The van der Waals surface area contributed by atoms with E-state index in [4.69, 9.17) is 4.74 Å². The second-order valence-corrected chi connectivity index (χ2v) is 9.73. The number of hydrogen-bond acceptors (Lipinski definition) is 3. The number of ether oxygens (including phenoxy) is 1. The zero-order valence-electron chi connectivity index (χ0n) is 16.2. The first-order valence-electron chi connectivity index (χ1n) is 10.6. The first-order chi connectivity index (χ1) is 11.9. The van der Waals surface area contributed by atoms with Crippen molar-refractivity contribution in [2.24, 2.45) is 35.0 Å². The largest absolute Gasteiger partial charge is 0.458 e. The molecule has 0 radical (unpaired) electrons. The van der Waals surface area contributed by atoms with E-state index in [1.165, 1.54) is 45.4 Å². The molecule has 0 aromatic carbocycles. The maximum atomic E-state index is 12.3. The second-order valence-electron chi connectivity index (χ2n) is 9.73. The Morgan fingerprint density at radius 1 is 0.880 bits per heavy atom. The van der Waals surface area contributed by atoms with Crippen LogP contribution in [0.2, 0.25) is 0 Å². The van der Waals surface area contributed by atoms with E-state index in [9.17, 15) is 9.59 Å². The molecule has 0 aliphatic heterocycles. The Labute approximate surface area is 152 Å². The van der Waals surface area contributed by atoms with Crippen LogP contribution in [0.15, 0.2) is 0 Å². The third-order valence-electron chi connectivity index (χ3n) is 8.83. The maximum Gasteiger partial charge on any atom is 0.303 e. The van der Waals surface area contributed by atoms with Crippen molar-refractivity contribution >= 4 is 11.8 Å². The van der Waals surface area contributed by atoms with E-state index in [0.29, 0.717) is 17.3 Å². The average molecular weight is 347 g/mol. The number of carbonyl (C=O) groups is 2. The molecule has 7 unspecified atom stereocenters. The number of ketones is 1. The smallest absolute Gasteiger partial charge is 0.303 e. The van der Waals surface area contributed by atoms with E-state index in [2.05, 4.69) is 6.92 Å². The van der Waals surface area contributed by atoms with Crippen LogP contribution in [0.3, 0.4) is 0 Å². The number of carbonyl (C=O) groups excluding carboxylic acids is 2. The summed E-state index contributed by atoms with van der Waals surface area (Å²) < 4.78 is 6.03. The number of rotatable bonds is 2. The van der Waals surface area contributed by atoms with Crippen LogP contribution in [0.5, 0.6) is 0 Å². The second kappa shape index (κ2) is 6.09. The van der Waals surface area contributed by atoms with Gasteiger partial charge < -0.3 is 4.74 Å². The first kappa shape index (κ1) is 17.5. The topological polar surface area (TPSA) is 43.4 Å². The van der Waals surface area contributed by atoms with E-state index < -0.39 is 5.60 Å². The molecule has 0 saturated heterocycles. The Hall–Kier alpha value is -0.860. The van der Waals surface area contributed by atoms with Crippen molar-refractivity contribution in [1.29, 1.82) is 0 Å². The fourth-order valence-corrected chi connectivity index (χ4v) is 7.93. The molecule has 4 aliphatic rings. The lowest BCUT2D eigenvalue weighted by atomic mass is 9.46. The molecule has 7 atom stereocenters. The normalized spacial score (nSPS) is 48.8. The molecule has 4 saturated carbocycles. The van der Waals surface area contributed by atoms with Crippen LogP contribution in [-0.2, 0) is 14.3 Å². The van der Waals surface area contributed by atoms with Gasteiger partial charge in [-0.1, -0.05) is 19.8 Å². The maximum absolute atomic E-state index is 12.3. The van der Waals surface area contributed by atoms with Gasteiger partial charge in [0.15, 0.2) is 0 Å². The third kappa shape index (κ3) is 2.51. The van der Waals surface area contributed by atoms with Crippen LogP contribution >= 0.6 is 0 Å². The lowest BCUT2D eigenvalue weighted by molar-refractivity contribution is -0.193. The Balaban J connectivity index is 1.67. The quantitative estimate of drug-likeness (QED) is 0.667. The van der Waals surface area contributed by atoms with Gasteiger partial charge in [-0.2, -0.15) is 0 Å². The zero-order chi connectivity index (χ0) is 17.8. The molecule has 0 spiro atoms. The molecule has 3 heteroatoms. The summed E-state index contributed by atoms with van der Waals surface area (Å²) in [5, 5.41) is 0. The van der Waals surface area contributed by atoms with Crippen molar-refractivity contribution in [1.82, 2.24) is 0 Å². The molecule has 0 bridgehead atoms. The Morgan fingerprint density at radius 2 is 1.68 bits per heavy atom. The van der Waals surface area contributed by atoms with Crippen LogP contribution in [0, 0.1) is 35.0 Å².